The first-order valence-electron chi connectivity index (χ1n) is 9.62. The van der Waals surface area contributed by atoms with Crippen molar-refractivity contribution in [2.75, 3.05) is 6.54 Å². The van der Waals surface area contributed by atoms with Gasteiger partial charge in [-0.3, -0.25) is 15.0 Å². The zero-order valence-corrected chi connectivity index (χ0v) is 16.2. The van der Waals surface area contributed by atoms with Crippen LogP contribution >= 0.6 is 0 Å². The van der Waals surface area contributed by atoms with Gasteiger partial charge in [0.1, 0.15) is 5.75 Å². The predicted octanol–water partition coefficient (Wildman–Crippen LogP) is 4.65. The average Bonchev–Trinajstić information content (AvgIpc) is 3.12. The molecular weight excluding hydrogens is 354 g/mol. The summed E-state index contributed by atoms with van der Waals surface area (Å²) in [6, 6.07) is 17.1. The minimum absolute atomic E-state index is 0.0224. The Morgan fingerprint density at radius 1 is 1.29 bits per heavy atom. The molecule has 0 bridgehead atoms. The van der Waals surface area contributed by atoms with Gasteiger partial charge in [0, 0.05) is 30.3 Å². The molecule has 0 spiro atoms. The van der Waals surface area contributed by atoms with Crippen LogP contribution in [0.4, 0.5) is 5.69 Å². The number of nitriles is 1. The molecule has 6 heteroatoms. The van der Waals surface area contributed by atoms with E-state index in [2.05, 4.69) is 11.0 Å². The molecule has 2 aromatic rings. The Morgan fingerprint density at radius 2 is 2.04 bits per heavy atom. The van der Waals surface area contributed by atoms with Gasteiger partial charge in [-0.05, 0) is 44.9 Å². The molecule has 1 saturated heterocycles. The zero-order chi connectivity index (χ0) is 20.1. The second-order valence-electron chi connectivity index (χ2n) is 7.41. The summed E-state index contributed by atoms with van der Waals surface area (Å²) in [5.41, 5.74) is 1.86. The third kappa shape index (κ3) is 4.49. The monoisotopic (exact) mass is 379 g/mol. The summed E-state index contributed by atoms with van der Waals surface area (Å²) in [6.07, 6.45) is 1.92. The van der Waals surface area contributed by atoms with Gasteiger partial charge in [-0.15, -0.1) is 0 Å². The number of nitro benzene ring substituents is 1. The molecule has 146 valence electrons. The number of hydrogen-bond donors (Lipinski definition) is 0. The van der Waals surface area contributed by atoms with E-state index >= 15 is 0 Å². The highest BCUT2D eigenvalue weighted by Crippen LogP contribution is 2.34. The predicted molar refractivity (Wildman–Crippen MR) is 107 cm³/mol. The van der Waals surface area contributed by atoms with Crippen LogP contribution in [-0.2, 0) is 6.54 Å². The van der Waals surface area contributed by atoms with E-state index in [1.54, 1.807) is 12.1 Å². The Labute approximate surface area is 165 Å². The molecule has 2 atom stereocenters. The lowest BCUT2D eigenvalue weighted by Crippen LogP contribution is -2.33. The van der Waals surface area contributed by atoms with Crippen LogP contribution in [0.15, 0.2) is 48.5 Å². The lowest BCUT2D eigenvalue weighted by molar-refractivity contribution is -0.385. The van der Waals surface area contributed by atoms with Gasteiger partial charge in [-0.25, -0.2) is 0 Å². The van der Waals surface area contributed by atoms with Gasteiger partial charge in [0.05, 0.1) is 23.0 Å². The fourth-order valence-electron chi connectivity index (χ4n) is 3.86. The Hall–Kier alpha value is -2.91. The van der Waals surface area contributed by atoms with E-state index < -0.39 is 0 Å². The maximum atomic E-state index is 11.2. The number of nitrogens with zero attached hydrogens (tertiary/aromatic N) is 3. The van der Waals surface area contributed by atoms with E-state index in [1.165, 1.54) is 6.07 Å². The molecule has 0 amide bonds. The Balaban J connectivity index is 1.88. The van der Waals surface area contributed by atoms with Gasteiger partial charge >= 0.3 is 0 Å². The van der Waals surface area contributed by atoms with Gasteiger partial charge < -0.3 is 4.74 Å². The number of non-ortho nitro benzene ring substituents is 1. The van der Waals surface area contributed by atoms with Crippen molar-refractivity contribution in [3.05, 3.63) is 69.8 Å². The fraction of sp³-hybridized carbons (Fsp3) is 0.409. The Bertz CT molecular complexity index is 861. The summed E-state index contributed by atoms with van der Waals surface area (Å²) in [4.78, 5) is 13.1. The molecule has 28 heavy (non-hydrogen) atoms. The summed E-state index contributed by atoms with van der Waals surface area (Å²) in [5, 5.41) is 21.1. The lowest BCUT2D eigenvalue weighted by atomic mass is 9.91. The number of rotatable bonds is 7. The minimum atomic E-state index is -0.383. The van der Waals surface area contributed by atoms with Crippen molar-refractivity contribution >= 4 is 5.69 Å². The quantitative estimate of drug-likeness (QED) is 0.517. The largest absolute Gasteiger partial charge is 0.491 e. The van der Waals surface area contributed by atoms with Crippen molar-refractivity contribution in [1.29, 1.82) is 5.26 Å². The van der Waals surface area contributed by atoms with E-state index in [0.29, 0.717) is 12.3 Å². The highest BCUT2D eigenvalue weighted by molar-refractivity contribution is 5.44. The number of nitro groups is 1. The van der Waals surface area contributed by atoms with Gasteiger partial charge in [0.2, 0.25) is 0 Å². The molecule has 0 radical (unpaired) electrons. The minimum Gasteiger partial charge on any atom is -0.491 e. The number of ether oxygens (including phenoxy) is 1. The van der Waals surface area contributed by atoms with Crippen molar-refractivity contribution in [2.24, 2.45) is 0 Å². The van der Waals surface area contributed by atoms with Crippen molar-refractivity contribution in [3.63, 3.8) is 0 Å². The maximum absolute atomic E-state index is 11.2. The summed E-state index contributed by atoms with van der Waals surface area (Å²) in [7, 11) is 0. The standard InChI is InChI=1S/C22H25N3O3/c1-16(2)28-22-11-10-19(25(26)27)13-18(22)15-24-12-6-9-21(24)20(14-23)17-7-4-3-5-8-17/h3-5,7-8,10-11,13,16,20-21H,6,9,12,15H2,1-2H3/t20-,21-/m0/s1. The first-order chi connectivity index (χ1) is 13.5. The summed E-state index contributed by atoms with van der Waals surface area (Å²) in [5.74, 6) is 0.441. The van der Waals surface area contributed by atoms with Crippen molar-refractivity contribution in [3.8, 4) is 11.8 Å². The van der Waals surface area contributed by atoms with E-state index in [-0.39, 0.29) is 28.7 Å². The van der Waals surface area contributed by atoms with Crippen LogP contribution in [0, 0.1) is 21.4 Å². The molecule has 0 saturated carbocycles. The topological polar surface area (TPSA) is 79.4 Å². The van der Waals surface area contributed by atoms with Crippen LogP contribution in [0.25, 0.3) is 0 Å². The third-order valence-corrected chi connectivity index (χ3v) is 5.09. The molecule has 1 heterocycles. The maximum Gasteiger partial charge on any atom is 0.270 e. The highest BCUT2D eigenvalue weighted by atomic mass is 16.6. The van der Waals surface area contributed by atoms with Crippen LogP contribution in [0.2, 0.25) is 0 Å². The van der Waals surface area contributed by atoms with Crippen LogP contribution in [0.1, 0.15) is 43.7 Å². The second-order valence-corrected chi connectivity index (χ2v) is 7.41. The molecule has 0 aliphatic carbocycles. The van der Waals surface area contributed by atoms with Crippen LogP contribution in [0.3, 0.4) is 0 Å². The molecule has 2 aromatic carbocycles. The highest BCUT2D eigenvalue weighted by Gasteiger charge is 2.33. The smallest absolute Gasteiger partial charge is 0.270 e. The second kappa shape index (κ2) is 8.85. The normalized spacial score (nSPS) is 18.0. The lowest BCUT2D eigenvalue weighted by Gasteiger charge is -2.29. The van der Waals surface area contributed by atoms with Crippen molar-refractivity contribution in [1.82, 2.24) is 4.90 Å². The fourth-order valence-corrected chi connectivity index (χ4v) is 3.86. The average molecular weight is 379 g/mol. The molecule has 0 N–H and O–H groups in total. The van der Waals surface area contributed by atoms with E-state index in [9.17, 15) is 15.4 Å². The molecule has 1 aliphatic rings. The molecular formula is C22H25N3O3. The van der Waals surface area contributed by atoms with Crippen LogP contribution in [-0.4, -0.2) is 28.5 Å². The van der Waals surface area contributed by atoms with Crippen molar-refractivity contribution < 1.29 is 9.66 Å². The summed E-state index contributed by atoms with van der Waals surface area (Å²) >= 11 is 0. The first-order valence-corrected chi connectivity index (χ1v) is 9.62. The van der Waals surface area contributed by atoms with Gasteiger partial charge in [-0.1, -0.05) is 30.3 Å². The van der Waals surface area contributed by atoms with Crippen LogP contribution in [0.5, 0.6) is 5.75 Å². The van der Waals surface area contributed by atoms with Gasteiger partial charge in [0.25, 0.3) is 5.69 Å². The molecule has 0 aromatic heterocycles. The Kier molecular flexibility index (Phi) is 6.27. The first kappa shape index (κ1) is 19.8. The Morgan fingerprint density at radius 3 is 2.68 bits per heavy atom. The molecule has 1 aliphatic heterocycles. The summed E-state index contributed by atoms with van der Waals surface area (Å²) < 4.78 is 5.88. The van der Waals surface area contributed by atoms with Crippen LogP contribution < -0.4 is 4.74 Å². The molecule has 6 nitrogen and oxygen atoms in total. The number of hydrogen-bond acceptors (Lipinski definition) is 5. The number of benzene rings is 2. The molecule has 0 unspecified atom stereocenters. The molecule has 3 rings (SSSR count). The van der Waals surface area contributed by atoms with Crippen molar-refractivity contribution in [2.45, 2.75) is 51.3 Å². The van der Waals surface area contributed by atoms with E-state index in [0.717, 1.165) is 30.5 Å². The van der Waals surface area contributed by atoms with E-state index in [4.69, 9.17) is 4.74 Å². The number of likely N-dealkylation sites (tertiary alicyclic amines) is 1. The summed E-state index contributed by atoms with van der Waals surface area (Å²) in [6.45, 7) is 5.26. The SMILES string of the molecule is CC(C)Oc1ccc([N+](=O)[O-])cc1CN1CCC[C@H]1[C@@H](C#N)c1ccccc1. The third-order valence-electron chi connectivity index (χ3n) is 5.09. The van der Waals surface area contributed by atoms with Gasteiger partial charge in [0.15, 0.2) is 0 Å². The van der Waals surface area contributed by atoms with Gasteiger partial charge in [-0.2, -0.15) is 5.26 Å². The van der Waals surface area contributed by atoms with E-state index in [1.807, 2.05) is 44.2 Å². The zero-order valence-electron chi connectivity index (χ0n) is 16.2. The molecule has 1 fully saturated rings.